The molecular weight excluding hydrogens is 435 g/mol. The maximum atomic E-state index is 13.8. The standard InChI is InChI=1S/C20H19ClF3N5O2/c1-27-7-9-28(10-8-27)19(30)17-16(21)18-25-14(12-3-5-13(31-2)6-4-12)11-15(20(22,23)24)29(18)26-17/h3-6,11H,7-10H2,1-2H3/p+1. The second-order valence-electron chi connectivity index (χ2n) is 7.40. The summed E-state index contributed by atoms with van der Waals surface area (Å²) in [4.78, 5) is 20.0. The van der Waals surface area contributed by atoms with E-state index >= 15 is 0 Å². The number of hydrogen-bond donors (Lipinski definition) is 1. The Labute approximate surface area is 181 Å². The quantitative estimate of drug-likeness (QED) is 0.658. The van der Waals surface area contributed by atoms with Gasteiger partial charge in [0.05, 0.1) is 46.0 Å². The number of rotatable bonds is 3. The molecule has 164 valence electrons. The number of nitrogens with zero attached hydrogens (tertiary/aromatic N) is 4. The molecule has 1 aliphatic heterocycles. The second-order valence-corrected chi connectivity index (χ2v) is 7.78. The highest BCUT2D eigenvalue weighted by atomic mass is 35.5. The van der Waals surface area contributed by atoms with Gasteiger partial charge in [-0.25, -0.2) is 9.50 Å². The molecule has 0 spiro atoms. The molecule has 0 radical (unpaired) electrons. The molecular formula is C20H20ClF3N5O2+. The van der Waals surface area contributed by atoms with Crippen molar-refractivity contribution in [1.82, 2.24) is 19.5 Å². The summed E-state index contributed by atoms with van der Waals surface area (Å²) in [6.45, 7) is 2.44. The number of fused-ring (bicyclic) bond motifs is 1. The first kappa shape index (κ1) is 21.4. The smallest absolute Gasteiger partial charge is 0.433 e. The maximum Gasteiger partial charge on any atom is 0.433 e. The van der Waals surface area contributed by atoms with E-state index in [0.29, 0.717) is 28.9 Å². The van der Waals surface area contributed by atoms with Crippen LogP contribution in [0, 0.1) is 0 Å². The Hall–Kier alpha value is -2.85. The first-order valence-electron chi connectivity index (χ1n) is 9.60. The van der Waals surface area contributed by atoms with Crippen LogP contribution < -0.4 is 9.64 Å². The molecule has 1 aromatic carbocycles. The number of amides is 1. The number of hydrogen-bond acceptors (Lipinski definition) is 4. The van der Waals surface area contributed by atoms with Gasteiger partial charge in [0, 0.05) is 5.56 Å². The number of aromatic nitrogens is 3. The molecule has 3 aromatic rings. The molecule has 0 saturated carbocycles. The fraction of sp³-hybridized carbons (Fsp3) is 0.350. The predicted molar refractivity (Wildman–Crippen MR) is 108 cm³/mol. The summed E-state index contributed by atoms with van der Waals surface area (Å²) in [6, 6.07) is 7.33. The highest BCUT2D eigenvalue weighted by Gasteiger charge is 2.37. The number of halogens is 4. The topological polar surface area (TPSA) is 64.2 Å². The van der Waals surface area contributed by atoms with Crippen LogP contribution in [0.15, 0.2) is 30.3 Å². The largest absolute Gasteiger partial charge is 0.497 e. The van der Waals surface area contributed by atoms with E-state index in [-0.39, 0.29) is 22.1 Å². The molecule has 0 unspecified atom stereocenters. The Balaban J connectivity index is 1.83. The van der Waals surface area contributed by atoms with Gasteiger partial charge in [-0.1, -0.05) is 11.6 Å². The van der Waals surface area contributed by atoms with Crippen molar-refractivity contribution in [3.05, 3.63) is 46.7 Å². The number of nitrogens with one attached hydrogen (secondary N) is 1. The predicted octanol–water partition coefficient (Wildman–Crippen LogP) is 2.05. The van der Waals surface area contributed by atoms with Gasteiger partial charge in [0.25, 0.3) is 5.91 Å². The zero-order chi connectivity index (χ0) is 22.3. The summed E-state index contributed by atoms with van der Waals surface area (Å²) in [5.41, 5.74) is -1.00. The van der Waals surface area contributed by atoms with Gasteiger partial charge in [0.1, 0.15) is 10.8 Å². The van der Waals surface area contributed by atoms with Crippen molar-refractivity contribution in [1.29, 1.82) is 0 Å². The molecule has 4 rings (SSSR count). The van der Waals surface area contributed by atoms with Gasteiger partial charge in [0.2, 0.25) is 0 Å². The lowest BCUT2D eigenvalue weighted by Crippen LogP contribution is -3.12. The van der Waals surface area contributed by atoms with Gasteiger partial charge in [-0.2, -0.15) is 18.3 Å². The fourth-order valence-corrected chi connectivity index (χ4v) is 3.72. The highest BCUT2D eigenvalue weighted by Crippen LogP contribution is 2.35. The Morgan fingerprint density at radius 1 is 1.19 bits per heavy atom. The molecule has 1 fully saturated rings. The number of benzene rings is 1. The molecule has 3 heterocycles. The van der Waals surface area contributed by atoms with Crippen LogP contribution in [0.3, 0.4) is 0 Å². The lowest BCUT2D eigenvalue weighted by molar-refractivity contribution is -0.883. The number of quaternary nitrogens is 1. The zero-order valence-corrected chi connectivity index (χ0v) is 17.6. The number of carbonyl (C=O) groups excluding carboxylic acids is 1. The van der Waals surface area contributed by atoms with Gasteiger partial charge in [-0.05, 0) is 30.3 Å². The first-order chi connectivity index (χ1) is 14.7. The van der Waals surface area contributed by atoms with Crippen molar-refractivity contribution >= 4 is 23.2 Å². The molecule has 31 heavy (non-hydrogen) atoms. The van der Waals surface area contributed by atoms with E-state index in [1.807, 2.05) is 7.05 Å². The third-order valence-corrected chi connectivity index (χ3v) is 5.66. The van der Waals surface area contributed by atoms with Crippen molar-refractivity contribution in [2.24, 2.45) is 0 Å². The number of likely N-dealkylation sites (N-methyl/N-ethyl adjacent to an activating group) is 1. The number of methoxy groups -OCH3 is 1. The number of carbonyl (C=O) groups is 1. The molecule has 1 aliphatic rings. The molecule has 0 bridgehead atoms. The van der Waals surface area contributed by atoms with Crippen molar-refractivity contribution in [2.75, 3.05) is 40.3 Å². The molecule has 2 aromatic heterocycles. The van der Waals surface area contributed by atoms with E-state index in [2.05, 4.69) is 10.1 Å². The maximum absolute atomic E-state index is 13.8. The van der Waals surface area contributed by atoms with Crippen molar-refractivity contribution in [3.8, 4) is 17.0 Å². The van der Waals surface area contributed by atoms with Gasteiger partial charge >= 0.3 is 6.18 Å². The van der Waals surface area contributed by atoms with Crippen LogP contribution in [0.25, 0.3) is 16.9 Å². The molecule has 1 N–H and O–H groups in total. The molecule has 11 heteroatoms. The van der Waals surface area contributed by atoms with E-state index in [1.54, 1.807) is 29.2 Å². The second kappa shape index (κ2) is 8.01. The third kappa shape index (κ3) is 4.05. The van der Waals surface area contributed by atoms with E-state index < -0.39 is 17.8 Å². The van der Waals surface area contributed by atoms with E-state index in [0.717, 1.165) is 19.2 Å². The van der Waals surface area contributed by atoms with Crippen molar-refractivity contribution < 1.29 is 27.6 Å². The fourth-order valence-electron chi connectivity index (χ4n) is 3.48. The number of alkyl halides is 3. The first-order valence-corrected chi connectivity index (χ1v) is 9.98. The van der Waals surface area contributed by atoms with Crippen LogP contribution >= 0.6 is 11.6 Å². The average Bonchev–Trinajstić information content (AvgIpc) is 3.09. The molecule has 1 amide bonds. The summed E-state index contributed by atoms with van der Waals surface area (Å²) in [5.74, 6) is 0.0623. The number of ether oxygens (including phenoxy) is 1. The minimum absolute atomic E-state index is 0.0616. The Kier molecular flexibility index (Phi) is 5.52. The van der Waals surface area contributed by atoms with Crippen LogP contribution in [-0.2, 0) is 6.18 Å². The van der Waals surface area contributed by atoms with Gasteiger partial charge in [0.15, 0.2) is 17.0 Å². The molecule has 0 atom stereocenters. The SMILES string of the molecule is COc1ccc(-c2cc(C(F)(F)F)n3nc(C(=O)N4CC[NH+](C)CC4)c(Cl)c3n2)cc1. The highest BCUT2D eigenvalue weighted by molar-refractivity contribution is 6.36. The van der Waals surface area contributed by atoms with Crippen LogP contribution in [0.1, 0.15) is 16.2 Å². The van der Waals surface area contributed by atoms with Crippen LogP contribution in [-0.4, -0.2) is 65.7 Å². The normalized spacial score (nSPS) is 15.5. The average molecular weight is 455 g/mol. The van der Waals surface area contributed by atoms with Crippen LogP contribution in [0.2, 0.25) is 5.02 Å². The monoisotopic (exact) mass is 454 g/mol. The molecule has 1 saturated heterocycles. The molecule has 7 nitrogen and oxygen atoms in total. The van der Waals surface area contributed by atoms with Gasteiger partial charge in [-0.15, -0.1) is 0 Å². The number of piperazine rings is 1. The van der Waals surface area contributed by atoms with Gasteiger partial charge in [-0.3, -0.25) is 4.79 Å². The van der Waals surface area contributed by atoms with E-state index in [4.69, 9.17) is 16.3 Å². The van der Waals surface area contributed by atoms with Gasteiger partial charge < -0.3 is 14.5 Å². The minimum Gasteiger partial charge on any atom is -0.497 e. The summed E-state index contributed by atoms with van der Waals surface area (Å²) in [7, 11) is 3.51. The Morgan fingerprint density at radius 3 is 2.42 bits per heavy atom. The van der Waals surface area contributed by atoms with Crippen LogP contribution in [0.4, 0.5) is 13.2 Å². The minimum atomic E-state index is -4.73. The Bertz CT molecular complexity index is 1120. The Morgan fingerprint density at radius 2 is 1.84 bits per heavy atom. The summed E-state index contributed by atoms with van der Waals surface area (Å²) < 4.78 is 47.2. The van der Waals surface area contributed by atoms with E-state index in [9.17, 15) is 18.0 Å². The lowest BCUT2D eigenvalue weighted by Gasteiger charge is -2.29. The third-order valence-electron chi connectivity index (χ3n) is 5.32. The van der Waals surface area contributed by atoms with Crippen molar-refractivity contribution in [2.45, 2.75) is 6.18 Å². The summed E-state index contributed by atoms with van der Waals surface area (Å²) >= 11 is 6.34. The summed E-state index contributed by atoms with van der Waals surface area (Å²) in [6.07, 6.45) is -4.73. The summed E-state index contributed by atoms with van der Waals surface area (Å²) in [5, 5.41) is 3.72. The lowest BCUT2D eigenvalue weighted by atomic mass is 10.1. The zero-order valence-electron chi connectivity index (χ0n) is 16.8. The van der Waals surface area contributed by atoms with E-state index in [1.165, 1.54) is 12.0 Å². The molecule has 0 aliphatic carbocycles. The van der Waals surface area contributed by atoms with Crippen molar-refractivity contribution in [3.63, 3.8) is 0 Å². The van der Waals surface area contributed by atoms with Crippen LogP contribution in [0.5, 0.6) is 5.75 Å².